The van der Waals surface area contributed by atoms with Gasteiger partial charge in [0, 0.05) is 18.5 Å². The van der Waals surface area contributed by atoms with Gasteiger partial charge in [-0.2, -0.15) is 5.10 Å². The molecule has 0 atom stereocenters. The number of allylic oxidation sites excluding steroid dienone is 1. The summed E-state index contributed by atoms with van der Waals surface area (Å²) in [7, 11) is 0. The van der Waals surface area contributed by atoms with E-state index in [0.29, 0.717) is 5.92 Å². The van der Waals surface area contributed by atoms with Crippen LogP contribution in [0.4, 0.5) is 0 Å². The average Bonchev–Trinajstić information content (AvgIpc) is 3.23. The highest BCUT2D eigenvalue weighted by Crippen LogP contribution is 2.16. The molecule has 0 fully saturated rings. The number of aromatic amines is 1. The van der Waals surface area contributed by atoms with Crippen LogP contribution >= 0.6 is 0 Å². The van der Waals surface area contributed by atoms with Crippen LogP contribution in [0.25, 0.3) is 17.5 Å². The molecule has 2 heterocycles. The summed E-state index contributed by atoms with van der Waals surface area (Å²) in [4.78, 5) is 15.3. The van der Waals surface area contributed by atoms with E-state index in [1.165, 1.54) is 16.3 Å². The first kappa shape index (κ1) is 15.0. The fourth-order valence-corrected chi connectivity index (χ4v) is 2.32. The summed E-state index contributed by atoms with van der Waals surface area (Å²) in [5, 5.41) is 4.29. The lowest BCUT2D eigenvalue weighted by molar-refractivity contribution is 0.0955. The maximum absolute atomic E-state index is 12.2. The molecule has 0 spiro atoms. The Morgan fingerprint density at radius 3 is 2.61 bits per heavy atom. The minimum absolute atomic E-state index is 0.171. The molecule has 1 N–H and O–H groups in total. The first-order valence-electron chi connectivity index (χ1n) is 7.65. The van der Waals surface area contributed by atoms with Gasteiger partial charge < -0.3 is 4.98 Å². The molecule has 4 nitrogen and oxygen atoms in total. The van der Waals surface area contributed by atoms with Crippen LogP contribution in [0.5, 0.6) is 0 Å². The SMILES string of the molecule is CC(C)c1ccc(/C=C/C(=O)n2ccc(-c3ccc[nH]3)n2)cc1. The fraction of sp³-hybridized carbons (Fsp3) is 0.158. The number of nitrogens with zero attached hydrogens (tertiary/aromatic N) is 2. The van der Waals surface area contributed by atoms with Crippen LogP contribution in [0.3, 0.4) is 0 Å². The topological polar surface area (TPSA) is 50.7 Å². The quantitative estimate of drug-likeness (QED) is 0.728. The van der Waals surface area contributed by atoms with E-state index in [9.17, 15) is 4.79 Å². The third kappa shape index (κ3) is 3.48. The number of aromatic nitrogens is 3. The molecule has 2 aromatic heterocycles. The van der Waals surface area contributed by atoms with Gasteiger partial charge in [0.1, 0.15) is 5.69 Å². The van der Waals surface area contributed by atoms with E-state index in [4.69, 9.17) is 0 Å². The Morgan fingerprint density at radius 2 is 1.96 bits per heavy atom. The highest BCUT2D eigenvalue weighted by molar-refractivity contribution is 5.93. The van der Waals surface area contributed by atoms with Crippen molar-refractivity contribution in [3.05, 3.63) is 72.1 Å². The molecule has 0 unspecified atom stereocenters. The highest BCUT2D eigenvalue weighted by Gasteiger charge is 2.06. The summed E-state index contributed by atoms with van der Waals surface area (Å²) in [5.41, 5.74) is 3.93. The smallest absolute Gasteiger partial charge is 0.270 e. The Kier molecular flexibility index (Phi) is 4.24. The standard InChI is InChI=1S/C19H19N3O/c1-14(2)16-8-5-15(6-9-16)7-10-19(23)22-13-11-18(21-22)17-4-3-12-20-17/h3-14,20H,1-2H3/b10-7+. The second-order valence-electron chi connectivity index (χ2n) is 5.72. The third-order valence-corrected chi connectivity index (χ3v) is 3.71. The van der Waals surface area contributed by atoms with Gasteiger partial charge in [0.05, 0.1) is 5.69 Å². The average molecular weight is 305 g/mol. The number of rotatable bonds is 4. The maximum Gasteiger partial charge on any atom is 0.270 e. The van der Waals surface area contributed by atoms with E-state index in [-0.39, 0.29) is 5.91 Å². The highest BCUT2D eigenvalue weighted by atomic mass is 16.2. The van der Waals surface area contributed by atoms with Crippen molar-refractivity contribution in [2.45, 2.75) is 19.8 Å². The monoisotopic (exact) mass is 305 g/mol. The lowest BCUT2D eigenvalue weighted by Crippen LogP contribution is -2.07. The van der Waals surface area contributed by atoms with Crippen LogP contribution < -0.4 is 0 Å². The van der Waals surface area contributed by atoms with Gasteiger partial charge in [0.25, 0.3) is 5.91 Å². The number of hydrogen-bond acceptors (Lipinski definition) is 2. The summed E-state index contributed by atoms with van der Waals surface area (Å²) >= 11 is 0. The Hall–Kier alpha value is -2.88. The molecule has 3 rings (SSSR count). The van der Waals surface area contributed by atoms with Gasteiger partial charge in [-0.3, -0.25) is 4.79 Å². The van der Waals surface area contributed by atoms with Crippen molar-refractivity contribution in [2.24, 2.45) is 0 Å². The first-order valence-corrected chi connectivity index (χ1v) is 7.65. The molecule has 4 heteroatoms. The van der Waals surface area contributed by atoms with Crippen LogP contribution in [0.2, 0.25) is 0 Å². The number of carbonyl (C=O) groups excluding carboxylic acids is 1. The van der Waals surface area contributed by atoms with Crippen molar-refractivity contribution in [3.63, 3.8) is 0 Å². The van der Waals surface area contributed by atoms with Crippen LogP contribution in [0.1, 0.15) is 35.7 Å². The molecule has 0 aliphatic rings. The summed E-state index contributed by atoms with van der Waals surface area (Å²) < 4.78 is 1.34. The minimum Gasteiger partial charge on any atom is -0.360 e. The van der Waals surface area contributed by atoms with Crippen molar-refractivity contribution in [1.82, 2.24) is 14.8 Å². The summed E-state index contributed by atoms with van der Waals surface area (Å²) in [5.74, 6) is 0.334. The Morgan fingerprint density at radius 1 is 1.17 bits per heavy atom. The number of hydrogen-bond donors (Lipinski definition) is 1. The molecular formula is C19H19N3O. The zero-order chi connectivity index (χ0) is 16.2. The fourth-order valence-electron chi connectivity index (χ4n) is 2.32. The Balaban J connectivity index is 1.71. The molecule has 0 amide bonds. The zero-order valence-electron chi connectivity index (χ0n) is 13.2. The van der Waals surface area contributed by atoms with E-state index < -0.39 is 0 Å². The van der Waals surface area contributed by atoms with Gasteiger partial charge >= 0.3 is 0 Å². The van der Waals surface area contributed by atoms with Crippen LogP contribution in [-0.4, -0.2) is 20.7 Å². The van der Waals surface area contributed by atoms with Crippen molar-refractivity contribution < 1.29 is 4.79 Å². The molecule has 116 valence electrons. The summed E-state index contributed by atoms with van der Waals surface area (Å²) in [6, 6.07) is 13.9. The number of nitrogens with one attached hydrogen (secondary N) is 1. The second-order valence-corrected chi connectivity index (χ2v) is 5.72. The van der Waals surface area contributed by atoms with Gasteiger partial charge in [-0.05, 0) is 41.3 Å². The van der Waals surface area contributed by atoms with E-state index in [0.717, 1.165) is 17.0 Å². The molecule has 23 heavy (non-hydrogen) atoms. The van der Waals surface area contributed by atoms with Gasteiger partial charge in [0.2, 0.25) is 0 Å². The Bertz CT molecular complexity index is 809. The molecule has 0 aliphatic heterocycles. The molecule has 0 aliphatic carbocycles. The molecular weight excluding hydrogens is 286 g/mol. The molecule has 0 saturated heterocycles. The van der Waals surface area contributed by atoms with Gasteiger partial charge in [0.15, 0.2) is 0 Å². The lowest BCUT2D eigenvalue weighted by atomic mass is 10.0. The lowest BCUT2D eigenvalue weighted by Gasteiger charge is -2.04. The van der Waals surface area contributed by atoms with E-state index in [1.807, 2.05) is 42.6 Å². The molecule has 0 saturated carbocycles. The van der Waals surface area contributed by atoms with Crippen LogP contribution in [0.15, 0.2) is 60.9 Å². The van der Waals surface area contributed by atoms with E-state index in [2.05, 4.69) is 36.1 Å². The maximum atomic E-state index is 12.2. The van der Waals surface area contributed by atoms with Gasteiger partial charge in [-0.15, -0.1) is 0 Å². The first-order chi connectivity index (χ1) is 11.1. The van der Waals surface area contributed by atoms with Crippen molar-refractivity contribution in [3.8, 4) is 11.4 Å². The van der Waals surface area contributed by atoms with Crippen molar-refractivity contribution in [2.75, 3.05) is 0 Å². The predicted molar refractivity (Wildman–Crippen MR) is 92.2 cm³/mol. The van der Waals surface area contributed by atoms with Crippen LogP contribution in [-0.2, 0) is 0 Å². The van der Waals surface area contributed by atoms with Crippen molar-refractivity contribution in [1.29, 1.82) is 0 Å². The molecule has 0 bridgehead atoms. The number of benzene rings is 1. The molecule has 0 radical (unpaired) electrons. The number of H-pyrrole nitrogens is 1. The largest absolute Gasteiger partial charge is 0.360 e. The number of carbonyl (C=O) groups is 1. The van der Waals surface area contributed by atoms with Crippen LogP contribution in [0, 0.1) is 0 Å². The van der Waals surface area contributed by atoms with Crippen molar-refractivity contribution >= 4 is 12.0 Å². The normalized spacial score (nSPS) is 11.4. The zero-order valence-corrected chi connectivity index (χ0v) is 13.2. The second kappa shape index (κ2) is 6.48. The molecule has 3 aromatic rings. The summed E-state index contributed by atoms with van der Waals surface area (Å²) in [6.45, 7) is 4.32. The minimum atomic E-state index is -0.171. The predicted octanol–water partition coefficient (Wildman–Crippen LogP) is 4.36. The van der Waals surface area contributed by atoms with E-state index >= 15 is 0 Å². The third-order valence-electron chi connectivity index (χ3n) is 3.71. The Labute approximate surface area is 135 Å². The van der Waals surface area contributed by atoms with Gasteiger partial charge in [-0.1, -0.05) is 38.1 Å². The summed E-state index contributed by atoms with van der Waals surface area (Å²) in [6.07, 6.45) is 6.85. The van der Waals surface area contributed by atoms with E-state index in [1.54, 1.807) is 6.20 Å². The van der Waals surface area contributed by atoms with Gasteiger partial charge in [-0.25, -0.2) is 4.68 Å². The molecule has 1 aromatic carbocycles.